The van der Waals surface area contributed by atoms with Crippen LogP contribution in [0.5, 0.6) is 0 Å². The van der Waals surface area contributed by atoms with Crippen LogP contribution in [0.2, 0.25) is 0 Å². The van der Waals surface area contributed by atoms with Gasteiger partial charge >= 0.3 is 5.97 Å². The molecule has 14 heteroatoms. The summed E-state index contributed by atoms with van der Waals surface area (Å²) in [6.07, 6.45) is 7.03. The lowest BCUT2D eigenvalue weighted by atomic mass is 9.71. The van der Waals surface area contributed by atoms with E-state index in [2.05, 4.69) is 33.8 Å². The first-order chi connectivity index (χ1) is 29.5. The maximum atomic E-state index is 14.3. The normalized spacial score (nSPS) is 48.2. The molecule has 0 saturated carbocycles. The van der Waals surface area contributed by atoms with Crippen LogP contribution in [-0.4, -0.2) is 134 Å². The number of carbonyl (C=O) groups is 2. The van der Waals surface area contributed by atoms with Gasteiger partial charge in [0.25, 0.3) is 0 Å². The standard InChI is InChI=1S/C48H72O14/c1-11-25(2)43-28(5)17-18-47(62-43)23-34-20-33(61-47)16-15-27(4)42(26(3)13-12-14-32-24-55-45-40(49)29(6)19-35(46(51)58-34)48(32,45)52)59-39-22-37(54-10)44(31(8)57-39)60-38-21-36(53-9)41(50)30(7)56-38/h12-15,19,25-26,28,30-31,33-39,41-45,50,52H,11,16-18,20-24H2,1-10H3/b13-12+,27-15+,32-14+/t25?,26-,28-,30-,31-,33?,34-,35?,36-,37-,38-,39-,41-,42-,43+,44-,45+,47+,48+/m0/s1. The van der Waals surface area contributed by atoms with E-state index in [-0.39, 0.29) is 36.6 Å². The Morgan fingerprint density at radius 2 is 1.65 bits per heavy atom. The Hall–Kier alpha value is -2.34. The van der Waals surface area contributed by atoms with Crippen LogP contribution >= 0.6 is 0 Å². The van der Waals surface area contributed by atoms with Crippen LogP contribution in [0.25, 0.3) is 0 Å². The van der Waals surface area contributed by atoms with Crippen molar-refractivity contribution in [2.24, 2.45) is 23.7 Å². The molecule has 3 unspecified atom stereocenters. The van der Waals surface area contributed by atoms with Gasteiger partial charge in [-0.2, -0.15) is 0 Å². The summed E-state index contributed by atoms with van der Waals surface area (Å²) >= 11 is 0. The molecule has 0 amide bonds. The van der Waals surface area contributed by atoms with Gasteiger partial charge in [-0.25, -0.2) is 0 Å². The highest BCUT2D eigenvalue weighted by Gasteiger charge is 2.60. The van der Waals surface area contributed by atoms with Crippen LogP contribution in [0, 0.1) is 23.7 Å². The number of hydrogen-bond acceptors (Lipinski definition) is 14. The van der Waals surface area contributed by atoms with E-state index < -0.39 is 84.7 Å². The SMILES string of the molecule is CCC(C)[C@H]1O[C@]2(CC[C@@H]1C)C[C@@H]1CC(C/C=C(\C)[C@@H](O[C@H]3C[C@H](OC)[C@@H](O[C@H]4C[C@H](OC)[C@@H](O)[C@H](C)O4)[C@H](C)O3)[C@@H](C)/C=C/C=C3\CO[C@@H]4C(=O)C(C)=CC(C(=O)O1)[C@]34O)O2. The molecule has 5 fully saturated rings. The molecule has 62 heavy (non-hydrogen) atoms. The topological polar surface area (TPSA) is 167 Å². The van der Waals surface area contributed by atoms with Gasteiger partial charge in [0.1, 0.15) is 29.8 Å². The van der Waals surface area contributed by atoms with E-state index in [4.69, 9.17) is 47.4 Å². The molecule has 2 N–H and O–H groups in total. The Bertz CT molecular complexity index is 1720. The van der Waals surface area contributed by atoms with Crippen molar-refractivity contribution in [1.82, 2.24) is 0 Å². The largest absolute Gasteiger partial charge is 0.462 e. The minimum Gasteiger partial charge on any atom is -0.462 e. The van der Waals surface area contributed by atoms with Gasteiger partial charge in [-0.3, -0.25) is 9.59 Å². The van der Waals surface area contributed by atoms with Crippen LogP contribution in [0.15, 0.2) is 47.1 Å². The summed E-state index contributed by atoms with van der Waals surface area (Å²) in [6.45, 7) is 16.1. The van der Waals surface area contributed by atoms with Crippen LogP contribution in [0.1, 0.15) is 107 Å². The fourth-order valence-corrected chi connectivity index (χ4v) is 10.8. The molecule has 348 valence electrons. The lowest BCUT2D eigenvalue weighted by Gasteiger charge is -2.51. The van der Waals surface area contributed by atoms with Gasteiger partial charge in [-0.15, -0.1) is 0 Å². The molecule has 0 aromatic rings. The van der Waals surface area contributed by atoms with Crippen LogP contribution in [-0.2, 0) is 57.0 Å². The molecule has 0 aromatic carbocycles. The predicted octanol–water partition coefficient (Wildman–Crippen LogP) is 5.81. The number of esters is 1. The molecule has 19 atom stereocenters. The highest BCUT2D eigenvalue weighted by molar-refractivity contribution is 6.03. The first-order valence-corrected chi connectivity index (χ1v) is 23.0. The summed E-state index contributed by atoms with van der Waals surface area (Å²) in [5, 5.41) is 23.0. The molecular weight excluding hydrogens is 801 g/mol. The molecular formula is C48H72O14. The summed E-state index contributed by atoms with van der Waals surface area (Å²) in [7, 11) is 3.22. The number of aliphatic hydroxyl groups is 2. The predicted molar refractivity (Wildman–Crippen MR) is 226 cm³/mol. The number of ketones is 1. The maximum Gasteiger partial charge on any atom is 0.316 e. The first-order valence-electron chi connectivity index (χ1n) is 23.0. The second-order valence-electron chi connectivity index (χ2n) is 19.2. The molecule has 5 saturated heterocycles. The molecule has 7 aliphatic rings. The van der Waals surface area contributed by atoms with E-state index >= 15 is 0 Å². The minimum atomic E-state index is -1.92. The highest BCUT2D eigenvalue weighted by Crippen LogP contribution is 2.47. The maximum absolute atomic E-state index is 14.3. The van der Waals surface area contributed by atoms with Gasteiger partial charge in [0.05, 0.1) is 49.3 Å². The molecule has 0 radical (unpaired) electrons. The second kappa shape index (κ2) is 19.6. The molecule has 6 heterocycles. The minimum absolute atomic E-state index is 0.0168. The molecule has 2 bridgehead atoms. The van der Waals surface area contributed by atoms with Crippen molar-refractivity contribution in [1.29, 1.82) is 0 Å². The zero-order valence-electron chi connectivity index (χ0n) is 38.4. The average molecular weight is 873 g/mol. The van der Waals surface area contributed by atoms with Gasteiger partial charge in [0.2, 0.25) is 0 Å². The molecule has 7 rings (SSSR count). The van der Waals surface area contributed by atoms with Crippen molar-refractivity contribution in [3.8, 4) is 0 Å². The zero-order chi connectivity index (χ0) is 44.7. The van der Waals surface area contributed by atoms with Gasteiger partial charge in [0, 0.05) is 52.2 Å². The molecule has 1 spiro atoms. The van der Waals surface area contributed by atoms with E-state index in [9.17, 15) is 19.8 Å². The number of rotatable bonds is 8. The summed E-state index contributed by atoms with van der Waals surface area (Å²) in [6, 6.07) is 0. The first kappa shape index (κ1) is 47.6. The van der Waals surface area contributed by atoms with Crippen molar-refractivity contribution < 1.29 is 67.2 Å². The monoisotopic (exact) mass is 872 g/mol. The number of aliphatic hydroxyl groups excluding tert-OH is 1. The van der Waals surface area contributed by atoms with E-state index in [1.807, 2.05) is 26.0 Å². The third-order valence-corrected chi connectivity index (χ3v) is 14.7. The molecule has 1 aliphatic carbocycles. The fraction of sp³-hybridized carbons (Fsp3) is 0.792. The number of allylic oxidation sites excluding steroid dienone is 2. The third-order valence-electron chi connectivity index (χ3n) is 14.7. The van der Waals surface area contributed by atoms with Gasteiger partial charge in [0.15, 0.2) is 30.3 Å². The molecule has 14 nitrogen and oxygen atoms in total. The number of fused-ring (bicyclic) bond motifs is 2. The Morgan fingerprint density at radius 3 is 2.37 bits per heavy atom. The summed E-state index contributed by atoms with van der Waals surface area (Å²) < 4.78 is 63.7. The highest BCUT2D eigenvalue weighted by atomic mass is 16.7. The fourth-order valence-electron chi connectivity index (χ4n) is 10.8. The van der Waals surface area contributed by atoms with Gasteiger partial charge in [-0.05, 0) is 69.1 Å². The Kier molecular flexibility index (Phi) is 15.1. The summed E-state index contributed by atoms with van der Waals surface area (Å²) in [5.74, 6) is -2.60. The van der Waals surface area contributed by atoms with Gasteiger partial charge < -0.3 is 57.6 Å². The van der Waals surface area contributed by atoms with Crippen LogP contribution in [0.3, 0.4) is 0 Å². The smallest absolute Gasteiger partial charge is 0.316 e. The average Bonchev–Trinajstić information content (AvgIpc) is 3.58. The summed E-state index contributed by atoms with van der Waals surface area (Å²) in [5.41, 5.74) is -0.178. The number of carbonyl (C=O) groups excluding carboxylic acids is 2. The summed E-state index contributed by atoms with van der Waals surface area (Å²) in [4.78, 5) is 27.8. The Labute approximate surface area is 367 Å². The van der Waals surface area contributed by atoms with Gasteiger partial charge in [-0.1, -0.05) is 64.5 Å². The number of methoxy groups -OCH3 is 2. The van der Waals surface area contributed by atoms with Crippen molar-refractivity contribution in [2.75, 3.05) is 20.8 Å². The number of ether oxygens (including phenoxy) is 10. The lowest BCUT2D eigenvalue weighted by molar-refractivity contribution is -0.340. The Morgan fingerprint density at radius 1 is 0.935 bits per heavy atom. The second-order valence-corrected chi connectivity index (χ2v) is 19.2. The quantitative estimate of drug-likeness (QED) is 0.222. The van der Waals surface area contributed by atoms with E-state index in [0.717, 1.165) is 18.4 Å². The Balaban J connectivity index is 1.18. The van der Waals surface area contributed by atoms with Crippen molar-refractivity contribution in [3.63, 3.8) is 0 Å². The molecule has 0 aromatic heterocycles. The number of Topliss-reactive ketones (excluding diaryl/α,β-unsaturated/α-hetero) is 1. The third kappa shape index (κ3) is 9.63. The lowest BCUT2D eigenvalue weighted by Crippen LogP contribution is -2.57. The zero-order valence-corrected chi connectivity index (χ0v) is 38.4. The van der Waals surface area contributed by atoms with Crippen molar-refractivity contribution in [3.05, 3.63) is 47.1 Å². The van der Waals surface area contributed by atoms with E-state index in [1.165, 1.54) is 6.08 Å². The number of hydrogen-bond donors (Lipinski definition) is 2. The van der Waals surface area contributed by atoms with Crippen LogP contribution in [0.4, 0.5) is 0 Å². The van der Waals surface area contributed by atoms with Crippen molar-refractivity contribution >= 4 is 11.8 Å². The van der Waals surface area contributed by atoms with E-state index in [0.29, 0.717) is 61.5 Å². The van der Waals surface area contributed by atoms with E-state index in [1.54, 1.807) is 34.1 Å². The van der Waals surface area contributed by atoms with Crippen molar-refractivity contribution in [2.45, 2.75) is 198 Å². The van der Waals surface area contributed by atoms with Crippen LogP contribution < -0.4 is 0 Å². The molecule has 6 aliphatic heterocycles.